The molecule has 0 saturated carbocycles. The van der Waals surface area contributed by atoms with Crippen LogP contribution >= 0.6 is 0 Å². The normalized spacial score (nSPS) is 19.9. The monoisotopic (exact) mass is 128 g/mol. The Kier molecular flexibility index (Phi) is 1.38. The molecule has 0 spiro atoms. The van der Waals surface area contributed by atoms with Crippen LogP contribution in [0.15, 0.2) is 0 Å². The van der Waals surface area contributed by atoms with Crippen LogP contribution in [0.3, 0.4) is 0 Å². The Morgan fingerprint density at radius 1 is 1.56 bits per heavy atom. The first-order valence-corrected chi connectivity index (χ1v) is 2.75. The fraction of sp³-hybridized carbons (Fsp3) is 0.600. The Bertz CT molecular complexity index is 155. The first-order valence-electron chi connectivity index (χ1n) is 2.75. The SMILES string of the molecule is CN1CCC(=O)NC1=O. The van der Waals surface area contributed by atoms with E-state index < -0.39 is 0 Å². The molecule has 0 unspecified atom stereocenters. The van der Waals surface area contributed by atoms with Gasteiger partial charge in [0.2, 0.25) is 5.91 Å². The zero-order valence-electron chi connectivity index (χ0n) is 5.18. The van der Waals surface area contributed by atoms with Gasteiger partial charge in [-0.1, -0.05) is 0 Å². The summed E-state index contributed by atoms with van der Waals surface area (Å²) in [4.78, 5) is 22.5. The summed E-state index contributed by atoms with van der Waals surface area (Å²) in [6, 6.07) is -0.300. The van der Waals surface area contributed by atoms with Crippen molar-refractivity contribution in [1.82, 2.24) is 10.2 Å². The molecule has 1 aliphatic heterocycles. The number of hydrogen-bond donors (Lipinski definition) is 1. The van der Waals surface area contributed by atoms with Crippen molar-refractivity contribution in [1.29, 1.82) is 0 Å². The van der Waals surface area contributed by atoms with Crippen molar-refractivity contribution < 1.29 is 9.59 Å². The van der Waals surface area contributed by atoms with Gasteiger partial charge >= 0.3 is 6.03 Å². The van der Waals surface area contributed by atoms with Gasteiger partial charge in [-0.2, -0.15) is 0 Å². The van der Waals surface area contributed by atoms with E-state index in [-0.39, 0.29) is 11.9 Å². The summed E-state index contributed by atoms with van der Waals surface area (Å²) in [7, 11) is 1.65. The molecule has 0 aliphatic carbocycles. The summed E-state index contributed by atoms with van der Waals surface area (Å²) in [5.74, 6) is -0.182. The minimum atomic E-state index is -0.300. The lowest BCUT2D eigenvalue weighted by Crippen LogP contribution is -2.47. The maximum absolute atomic E-state index is 10.6. The van der Waals surface area contributed by atoms with Crippen molar-refractivity contribution in [2.75, 3.05) is 13.6 Å². The molecule has 0 aromatic heterocycles. The standard InChI is InChI=1S/C5H8N2O2/c1-7-3-2-4(8)6-5(7)9/h2-3H2,1H3,(H,6,8,9). The second-order valence-corrected chi connectivity index (χ2v) is 2.02. The van der Waals surface area contributed by atoms with Crippen molar-refractivity contribution in [3.63, 3.8) is 0 Å². The van der Waals surface area contributed by atoms with E-state index in [0.29, 0.717) is 13.0 Å². The number of nitrogens with zero attached hydrogens (tertiary/aromatic N) is 1. The molecule has 4 nitrogen and oxygen atoms in total. The molecule has 0 aromatic carbocycles. The van der Waals surface area contributed by atoms with Gasteiger partial charge in [-0.3, -0.25) is 10.1 Å². The highest BCUT2D eigenvalue weighted by Crippen LogP contribution is 1.94. The van der Waals surface area contributed by atoms with E-state index in [1.165, 1.54) is 4.90 Å². The molecule has 0 aromatic rings. The van der Waals surface area contributed by atoms with Crippen LogP contribution < -0.4 is 5.32 Å². The number of nitrogens with one attached hydrogen (secondary N) is 1. The average Bonchev–Trinajstić information content (AvgIpc) is 1.80. The Morgan fingerprint density at radius 2 is 2.22 bits per heavy atom. The predicted octanol–water partition coefficient (Wildman–Crippen LogP) is -0.442. The highest BCUT2D eigenvalue weighted by Gasteiger charge is 2.18. The van der Waals surface area contributed by atoms with Gasteiger partial charge in [0.25, 0.3) is 0 Å². The molecule has 3 amide bonds. The van der Waals surface area contributed by atoms with Crippen molar-refractivity contribution in [3.05, 3.63) is 0 Å². The van der Waals surface area contributed by atoms with E-state index in [1.807, 2.05) is 0 Å². The molecule has 1 aliphatic rings. The second kappa shape index (κ2) is 2.05. The van der Waals surface area contributed by atoms with E-state index in [4.69, 9.17) is 0 Å². The van der Waals surface area contributed by atoms with Crippen molar-refractivity contribution in [3.8, 4) is 0 Å². The minimum Gasteiger partial charge on any atom is -0.327 e. The Morgan fingerprint density at radius 3 is 2.67 bits per heavy atom. The lowest BCUT2D eigenvalue weighted by molar-refractivity contribution is -0.121. The van der Waals surface area contributed by atoms with Crippen LogP contribution in [0, 0.1) is 0 Å². The molecule has 9 heavy (non-hydrogen) atoms. The molecular formula is C5H8N2O2. The number of hydrogen-bond acceptors (Lipinski definition) is 2. The molecule has 1 fully saturated rings. The predicted molar refractivity (Wildman–Crippen MR) is 30.8 cm³/mol. The third-order valence-electron chi connectivity index (χ3n) is 1.27. The van der Waals surface area contributed by atoms with Gasteiger partial charge in [0.05, 0.1) is 0 Å². The molecule has 1 heterocycles. The smallest absolute Gasteiger partial charge is 0.323 e. The molecule has 1 N–H and O–H groups in total. The maximum atomic E-state index is 10.6. The van der Waals surface area contributed by atoms with Gasteiger partial charge in [-0.25, -0.2) is 4.79 Å². The molecule has 4 heteroatoms. The van der Waals surface area contributed by atoms with Gasteiger partial charge in [0.1, 0.15) is 0 Å². The number of carbonyl (C=O) groups is 2. The third kappa shape index (κ3) is 1.19. The molecular weight excluding hydrogens is 120 g/mol. The zero-order valence-corrected chi connectivity index (χ0v) is 5.18. The van der Waals surface area contributed by atoms with Gasteiger partial charge in [-0.05, 0) is 0 Å². The average molecular weight is 128 g/mol. The summed E-state index contributed by atoms with van der Waals surface area (Å²) in [6.45, 7) is 0.532. The number of imide groups is 1. The van der Waals surface area contributed by atoms with Crippen LogP contribution in [-0.2, 0) is 4.79 Å². The number of rotatable bonds is 0. The van der Waals surface area contributed by atoms with Gasteiger partial charge in [-0.15, -0.1) is 0 Å². The van der Waals surface area contributed by atoms with Crippen molar-refractivity contribution >= 4 is 11.9 Å². The number of carbonyl (C=O) groups excluding carboxylic acids is 2. The third-order valence-corrected chi connectivity index (χ3v) is 1.27. The molecule has 0 radical (unpaired) electrons. The van der Waals surface area contributed by atoms with Gasteiger partial charge in [0, 0.05) is 20.0 Å². The van der Waals surface area contributed by atoms with Crippen LogP contribution in [-0.4, -0.2) is 30.4 Å². The van der Waals surface area contributed by atoms with Crippen molar-refractivity contribution in [2.24, 2.45) is 0 Å². The van der Waals surface area contributed by atoms with E-state index in [9.17, 15) is 9.59 Å². The van der Waals surface area contributed by atoms with Crippen LogP contribution in [0.25, 0.3) is 0 Å². The fourth-order valence-corrected chi connectivity index (χ4v) is 0.648. The van der Waals surface area contributed by atoms with Crippen LogP contribution in [0.5, 0.6) is 0 Å². The Hall–Kier alpha value is -1.06. The maximum Gasteiger partial charge on any atom is 0.323 e. The Labute approximate surface area is 52.8 Å². The number of urea groups is 1. The number of amides is 3. The van der Waals surface area contributed by atoms with E-state index in [1.54, 1.807) is 7.05 Å². The highest BCUT2D eigenvalue weighted by atomic mass is 16.2. The molecule has 1 saturated heterocycles. The van der Waals surface area contributed by atoms with E-state index in [2.05, 4.69) is 5.32 Å². The molecule has 0 atom stereocenters. The fourth-order valence-electron chi connectivity index (χ4n) is 0.648. The van der Waals surface area contributed by atoms with E-state index >= 15 is 0 Å². The Balaban J connectivity index is 2.54. The van der Waals surface area contributed by atoms with Gasteiger partial charge in [0.15, 0.2) is 0 Å². The lowest BCUT2D eigenvalue weighted by atomic mass is 10.3. The van der Waals surface area contributed by atoms with Crippen LogP contribution in [0.4, 0.5) is 4.79 Å². The summed E-state index contributed by atoms with van der Waals surface area (Å²) >= 11 is 0. The van der Waals surface area contributed by atoms with Crippen LogP contribution in [0.1, 0.15) is 6.42 Å². The summed E-state index contributed by atoms with van der Waals surface area (Å²) in [5, 5.41) is 2.18. The minimum absolute atomic E-state index is 0.182. The molecule has 1 rings (SSSR count). The van der Waals surface area contributed by atoms with Crippen LogP contribution in [0.2, 0.25) is 0 Å². The summed E-state index contributed by atoms with van der Waals surface area (Å²) < 4.78 is 0. The topological polar surface area (TPSA) is 49.4 Å². The first-order chi connectivity index (χ1) is 4.20. The van der Waals surface area contributed by atoms with E-state index in [0.717, 1.165) is 0 Å². The lowest BCUT2D eigenvalue weighted by Gasteiger charge is -2.21. The van der Waals surface area contributed by atoms with Gasteiger partial charge < -0.3 is 4.90 Å². The quantitative estimate of drug-likeness (QED) is 0.480. The summed E-state index contributed by atoms with van der Waals surface area (Å²) in [5.41, 5.74) is 0. The zero-order chi connectivity index (χ0) is 6.85. The van der Waals surface area contributed by atoms with Crippen molar-refractivity contribution in [2.45, 2.75) is 6.42 Å². The highest BCUT2D eigenvalue weighted by molar-refractivity contribution is 5.96. The first kappa shape index (κ1) is 6.07. The molecule has 50 valence electrons. The molecule has 0 bridgehead atoms. The summed E-state index contributed by atoms with van der Waals surface area (Å²) in [6.07, 6.45) is 0.419. The second-order valence-electron chi connectivity index (χ2n) is 2.02. The largest absolute Gasteiger partial charge is 0.327 e.